The molecule has 0 aromatic carbocycles. The van der Waals surface area contributed by atoms with Crippen LogP contribution in [0.4, 0.5) is 0 Å². The lowest BCUT2D eigenvalue weighted by atomic mass is 9.84. The summed E-state index contributed by atoms with van der Waals surface area (Å²) >= 11 is 1.08. The molecule has 0 bridgehead atoms. The highest BCUT2D eigenvalue weighted by molar-refractivity contribution is 7.07. The number of amides is 1. The fourth-order valence-electron chi connectivity index (χ4n) is 2.85. The summed E-state index contributed by atoms with van der Waals surface area (Å²) in [7, 11) is 0. The summed E-state index contributed by atoms with van der Waals surface area (Å²) < 4.78 is 3.79. The second-order valence-electron chi connectivity index (χ2n) is 5.68. The standard InChI is InChI=1S/C16H19N5OS/c1-11-15(23-21-18-11)16(22)20-19-14(12-7-3-2-4-8-12)13-9-5-6-10-17-13/h5-6,9-10,12H,2-4,7-8H2,1H3,(H,20,22)/b19-14+. The summed E-state index contributed by atoms with van der Waals surface area (Å²) in [5, 5.41) is 8.28. The molecule has 0 aliphatic heterocycles. The molecule has 120 valence electrons. The molecule has 7 heteroatoms. The molecule has 0 unspecified atom stereocenters. The molecule has 0 spiro atoms. The van der Waals surface area contributed by atoms with Gasteiger partial charge in [0.2, 0.25) is 0 Å². The van der Waals surface area contributed by atoms with E-state index in [0.717, 1.165) is 35.8 Å². The molecule has 0 radical (unpaired) electrons. The fourth-order valence-corrected chi connectivity index (χ4v) is 3.40. The van der Waals surface area contributed by atoms with Gasteiger partial charge in [0.1, 0.15) is 4.88 Å². The lowest BCUT2D eigenvalue weighted by Gasteiger charge is -2.22. The lowest BCUT2D eigenvalue weighted by molar-refractivity contribution is 0.0958. The van der Waals surface area contributed by atoms with E-state index < -0.39 is 0 Å². The van der Waals surface area contributed by atoms with Crippen molar-refractivity contribution in [3.05, 3.63) is 40.7 Å². The Morgan fingerprint density at radius 2 is 2.13 bits per heavy atom. The minimum Gasteiger partial charge on any atom is -0.266 e. The molecule has 0 saturated heterocycles. The maximum atomic E-state index is 12.2. The molecule has 1 amide bonds. The van der Waals surface area contributed by atoms with Crippen molar-refractivity contribution < 1.29 is 4.79 Å². The van der Waals surface area contributed by atoms with Crippen molar-refractivity contribution in [2.45, 2.75) is 39.0 Å². The van der Waals surface area contributed by atoms with E-state index in [1.165, 1.54) is 19.3 Å². The van der Waals surface area contributed by atoms with E-state index in [2.05, 4.69) is 25.1 Å². The highest BCUT2D eigenvalue weighted by Gasteiger charge is 2.22. The summed E-state index contributed by atoms with van der Waals surface area (Å²) in [5.41, 5.74) is 4.99. The van der Waals surface area contributed by atoms with Crippen LogP contribution in [0, 0.1) is 12.8 Å². The minimum absolute atomic E-state index is 0.262. The molecular weight excluding hydrogens is 310 g/mol. The number of carbonyl (C=O) groups is 1. The number of carbonyl (C=O) groups excluding carboxylic acids is 1. The third kappa shape index (κ3) is 3.79. The summed E-state index contributed by atoms with van der Waals surface area (Å²) in [6, 6.07) is 5.77. The van der Waals surface area contributed by atoms with E-state index in [4.69, 9.17) is 0 Å². The summed E-state index contributed by atoms with van der Waals surface area (Å²) in [5.74, 6) is 0.0846. The maximum Gasteiger partial charge on any atom is 0.285 e. The Balaban J connectivity index is 1.82. The summed E-state index contributed by atoms with van der Waals surface area (Å²) in [4.78, 5) is 17.1. The number of hydrogen-bond acceptors (Lipinski definition) is 6. The summed E-state index contributed by atoms with van der Waals surface area (Å²) in [6.07, 6.45) is 7.60. The molecule has 6 nitrogen and oxygen atoms in total. The van der Waals surface area contributed by atoms with Crippen molar-refractivity contribution in [1.29, 1.82) is 0 Å². The molecule has 2 aromatic rings. The smallest absolute Gasteiger partial charge is 0.266 e. The molecular formula is C16H19N5OS. The number of pyridine rings is 1. The van der Waals surface area contributed by atoms with Crippen molar-refractivity contribution >= 4 is 23.2 Å². The third-order valence-electron chi connectivity index (χ3n) is 4.05. The number of aryl methyl sites for hydroxylation is 1. The monoisotopic (exact) mass is 329 g/mol. The van der Waals surface area contributed by atoms with Gasteiger partial charge >= 0.3 is 0 Å². The van der Waals surface area contributed by atoms with E-state index in [1.807, 2.05) is 18.2 Å². The molecule has 1 aliphatic rings. The van der Waals surface area contributed by atoms with Gasteiger partial charge in [-0.05, 0) is 43.4 Å². The Labute approximate surface area is 139 Å². The van der Waals surface area contributed by atoms with Gasteiger partial charge in [0, 0.05) is 12.1 Å². The average molecular weight is 329 g/mol. The maximum absolute atomic E-state index is 12.2. The second kappa shape index (κ2) is 7.41. The molecule has 1 saturated carbocycles. The van der Waals surface area contributed by atoms with E-state index in [-0.39, 0.29) is 5.91 Å². The Morgan fingerprint density at radius 1 is 1.30 bits per heavy atom. The van der Waals surface area contributed by atoms with E-state index in [1.54, 1.807) is 13.1 Å². The second-order valence-corrected chi connectivity index (χ2v) is 6.43. The van der Waals surface area contributed by atoms with Crippen LogP contribution < -0.4 is 5.43 Å². The SMILES string of the molecule is Cc1nnsc1C(=O)N/N=C(/c1ccccn1)C1CCCCC1. The predicted octanol–water partition coefficient (Wildman–Crippen LogP) is 2.96. The van der Waals surface area contributed by atoms with Crippen molar-refractivity contribution in [2.75, 3.05) is 0 Å². The first-order valence-electron chi connectivity index (χ1n) is 7.84. The summed E-state index contributed by atoms with van der Waals surface area (Å²) in [6.45, 7) is 1.77. The number of nitrogens with zero attached hydrogens (tertiary/aromatic N) is 4. The first-order valence-corrected chi connectivity index (χ1v) is 8.61. The van der Waals surface area contributed by atoms with Crippen LogP contribution in [-0.4, -0.2) is 26.2 Å². The highest BCUT2D eigenvalue weighted by Crippen LogP contribution is 2.27. The van der Waals surface area contributed by atoms with Crippen molar-refractivity contribution in [2.24, 2.45) is 11.0 Å². The Kier molecular flexibility index (Phi) is 5.07. The van der Waals surface area contributed by atoms with Gasteiger partial charge in [0.25, 0.3) is 5.91 Å². The molecule has 1 aliphatic carbocycles. The number of aromatic nitrogens is 3. The van der Waals surface area contributed by atoms with Gasteiger partial charge in [-0.15, -0.1) is 5.10 Å². The third-order valence-corrected chi connectivity index (χ3v) is 4.88. The van der Waals surface area contributed by atoms with Crippen molar-refractivity contribution in [3.8, 4) is 0 Å². The predicted molar refractivity (Wildman–Crippen MR) is 89.5 cm³/mol. The lowest BCUT2D eigenvalue weighted by Crippen LogP contribution is -2.26. The Morgan fingerprint density at radius 3 is 2.78 bits per heavy atom. The minimum atomic E-state index is -0.262. The van der Waals surface area contributed by atoms with Crippen LogP contribution in [0.1, 0.15) is 53.2 Å². The topological polar surface area (TPSA) is 80.1 Å². The van der Waals surface area contributed by atoms with Crippen LogP contribution in [0.5, 0.6) is 0 Å². The fraction of sp³-hybridized carbons (Fsp3) is 0.438. The molecule has 3 rings (SSSR count). The molecule has 0 atom stereocenters. The van der Waals surface area contributed by atoms with Crippen LogP contribution in [0.25, 0.3) is 0 Å². The largest absolute Gasteiger partial charge is 0.285 e. The number of nitrogens with one attached hydrogen (secondary N) is 1. The number of hydrazone groups is 1. The van der Waals surface area contributed by atoms with Gasteiger partial charge in [-0.25, -0.2) is 5.43 Å². The Bertz CT molecular complexity index is 692. The molecule has 1 fully saturated rings. The molecule has 1 N–H and O–H groups in total. The van der Waals surface area contributed by atoms with Crippen LogP contribution >= 0.6 is 11.5 Å². The van der Waals surface area contributed by atoms with Crippen molar-refractivity contribution in [1.82, 2.24) is 20.0 Å². The highest BCUT2D eigenvalue weighted by atomic mass is 32.1. The van der Waals surface area contributed by atoms with Gasteiger partial charge in [0.05, 0.1) is 17.1 Å². The zero-order valence-corrected chi connectivity index (χ0v) is 13.8. The van der Waals surface area contributed by atoms with Gasteiger partial charge in [-0.3, -0.25) is 9.78 Å². The van der Waals surface area contributed by atoms with Crippen molar-refractivity contribution in [3.63, 3.8) is 0 Å². The van der Waals surface area contributed by atoms with Crippen LogP contribution in [0.2, 0.25) is 0 Å². The number of rotatable bonds is 4. The van der Waals surface area contributed by atoms with E-state index in [0.29, 0.717) is 16.5 Å². The van der Waals surface area contributed by atoms with Crippen LogP contribution in [-0.2, 0) is 0 Å². The quantitative estimate of drug-likeness (QED) is 0.691. The first-order chi connectivity index (χ1) is 11.3. The van der Waals surface area contributed by atoms with E-state index >= 15 is 0 Å². The molecule has 2 aromatic heterocycles. The van der Waals surface area contributed by atoms with Gasteiger partial charge in [-0.1, -0.05) is 29.8 Å². The zero-order valence-electron chi connectivity index (χ0n) is 13.0. The van der Waals surface area contributed by atoms with Crippen LogP contribution in [0.3, 0.4) is 0 Å². The first kappa shape index (κ1) is 15.7. The average Bonchev–Trinajstić information content (AvgIpc) is 3.03. The van der Waals surface area contributed by atoms with Gasteiger partial charge < -0.3 is 0 Å². The zero-order chi connectivity index (χ0) is 16.1. The molecule has 23 heavy (non-hydrogen) atoms. The normalized spacial score (nSPS) is 16.3. The number of hydrogen-bond donors (Lipinski definition) is 1. The van der Waals surface area contributed by atoms with E-state index in [9.17, 15) is 4.79 Å². The van der Waals surface area contributed by atoms with Gasteiger partial charge in [0.15, 0.2) is 0 Å². The van der Waals surface area contributed by atoms with Crippen LogP contribution in [0.15, 0.2) is 29.5 Å². The Hall–Kier alpha value is -2.15. The van der Waals surface area contributed by atoms with Gasteiger partial charge in [-0.2, -0.15) is 5.10 Å². The molecule has 2 heterocycles.